The Morgan fingerprint density at radius 1 is 1.17 bits per heavy atom. The van der Waals surface area contributed by atoms with Crippen LogP contribution in [0.5, 0.6) is 0 Å². The molecule has 1 aromatic heterocycles. The molecular formula is C15H18FNO. The molecule has 0 amide bonds. The number of halogens is 1. The summed E-state index contributed by atoms with van der Waals surface area (Å²) in [5.41, 5.74) is 0.730. The Bertz CT molecular complexity index is 526. The first-order valence-electron chi connectivity index (χ1n) is 6.13. The van der Waals surface area contributed by atoms with Crippen molar-refractivity contribution in [1.82, 2.24) is 4.98 Å². The minimum Gasteiger partial charge on any atom is -0.441 e. The SMILES string of the molecule is CC(C)C(C)(C)c1cnc(-c2ccc(F)cc2)o1. The van der Waals surface area contributed by atoms with Crippen LogP contribution >= 0.6 is 0 Å². The number of hydrogen-bond acceptors (Lipinski definition) is 2. The fourth-order valence-corrected chi connectivity index (χ4v) is 1.58. The number of nitrogens with zero attached hydrogens (tertiary/aromatic N) is 1. The fourth-order valence-electron chi connectivity index (χ4n) is 1.58. The topological polar surface area (TPSA) is 26.0 Å². The quantitative estimate of drug-likeness (QED) is 0.802. The van der Waals surface area contributed by atoms with Crippen molar-refractivity contribution in [3.8, 4) is 11.5 Å². The van der Waals surface area contributed by atoms with Crippen molar-refractivity contribution in [3.63, 3.8) is 0 Å². The Hall–Kier alpha value is -1.64. The number of hydrogen-bond donors (Lipinski definition) is 0. The van der Waals surface area contributed by atoms with Crippen molar-refractivity contribution < 1.29 is 8.81 Å². The van der Waals surface area contributed by atoms with E-state index in [1.807, 2.05) is 0 Å². The maximum absolute atomic E-state index is 12.9. The highest BCUT2D eigenvalue weighted by Crippen LogP contribution is 2.33. The largest absolute Gasteiger partial charge is 0.441 e. The molecule has 2 nitrogen and oxygen atoms in total. The Labute approximate surface area is 107 Å². The molecule has 0 aliphatic heterocycles. The van der Waals surface area contributed by atoms with Crippen LogP contribution in [0.25, 0.3) is 11.5 Å². The molecule has 1 aromatic carbocycles. The summed E-state index contributed by atoms with van der Waals surface area (Å²) in [7, 11) is 0. The van der Waals surface area contributed by atoms with Crippen LogP contribution in [0.3, 0.4) is 0 Å². The number of rotatable bonds is 3. The van der Waals surface area contributed by atoms with E-state index in [1.54, 1.807) is 18.3 Å². The number of oxazole rings is 1. The highest BCUT2D eigenvalue weighted by molar-refractivity contribution is 5.52. The van der Waals surface area contributed by atoms with Crippen molar-refractivity contribution in [1.29, 1.82) is 0 Å². The number of benzene rings is 1. The van der Waals surface area contributed by atoms with Gasteiger partial charge < -0.3 is 4.42 Å². The van der Waals surface area contributed by atoms with Crippen LogP contribution in [-0.4, -0.2) is 4.98 Å². The summed E-state index contributed by atoms with van der Waals surface area (Å²) in [5, 5.41) is 0. The molecule has 0 atom stereocenters. The predicted molar refractivity (Wildman–Crippen MR) is 69.8 cm³/mol. The maximum Gasteiger partial charge on any atom is 0.226 e. The third-order valence-corrected chi connectivity index (χ3v) is 3.68. The van der Waals surface area contributed by atoms with Crippen molar-refractivity contribution in [2.75, 3.05) is 0 Å². The van der Waals surface area contributed by atoms with Gasteiger partial charge in [-0.15, -0.1) is 0 Å². The lowest BCUT2D eigenvalue weighted by Gasteiger charge is -2.25. The molecule has 0 radical (unpaired) electrons. The molecule has 0 spiro atoms. The summed E-state index contributed by atoms with van der Waals surface area (Å²) >= 11 is 0. The van der Waals surface area contributed by atoms with Gasteiger partial charge in [-0.05, 0) is 30.2 Å². The van der Waals surface area contributed by atoms with E-state index in [9.17, 15) is 4.39 Å². The summed E-state index contributed by atoms with van der Waals surface area (Å²) in [4.78, 5) is 4.28. The zero-order valence-corrected chi connectivity index (χ0v) is 11.2. The van der Waals surface area contributed by atoms with Crippen LogP contribution in [0, 0.1) is 11.7 Å². The van der Waals surface area contributed by atoms with E-state index in [1.165, 1.54) is 12.1 Å². The summed E-state index contributed by atoms with van der Waals surface area (Å²) in [6.45, 7) is 8.57. The summed E-state index contributed by atoms with van der Waals surface area (Å²) < 4.78 is 18.7. The van der Waals surface area contributed by atoms with E-state index in [-0.39, 0.29) is 11.2 Å². The van der Waals surface area contributed by atoms with Crippen molar-refractivity contribution >= 4 is 0 Å². The third-order valence-electron chi connectivity index (χ3n) is 3.68. The average molecular weight is 247 g/mol. The van der Waals surface area contributed by atoms with Crippen LogP contribution in [0.15, 0.2) is 34.9 Å². The van der Waals surface area contributed by atoms with Gasteiger partial charge in [0, 0.05) is 11.0 Å². The van der Waals surface area contributed by atoms with Gasteiger partial charge in [0.15, 0.2) is 0 Å². The molecule has 0 N–H and O–H groups in total. The van der Waals surface area contributed by atoms with Gasteiger partial charge >= 0.3 is 0 Å². The van der Waals surface area contributed by atoms with Gasteiger partial charge in [-0.25, -0.2) is 9.37 Å². The normalized spacial score (nSPS) is 12.1. The second-order valence-corrected chi connectivity index (χ2v) is 5.41. The molecule has 0 saturated carbocycles. The molecule has 0 unspecified atom stereocenters. The third kappa shape index (κ3) is 2.30. The first-order valence-corrected chi connectivity index (χ1v) is 6.13. The molecule has 96 valence electrons. The lowest BCUT2D eigenvalue weighted by Crippen LogP contribution is -2.23. The van der Waals surface area contributed by atoms with Gasteiger partial charge in [0.05, 0.1) is 6.20 Å². The molecule has 2 rings (SSSR count). The molecule has 1 heterocycles. The molecule has 2 aromatic rings. The maximum atomic E-state index is 12.9. The summed E-state index contributed by atoms with van der Waals surface area (Å²) in [6, 6.07) is 6.17. The van der Waals surface area contributed by atoms with Gasteiger partial charge in [0.1, 0.15) is 11.6 Å². The molecule has 0 bridgehead atoms. The van der Waals surface area contributed by atoms with E-state index < -0.39 is 0 Å². The molecular weight excluding hydrogens is 229 g/mol. The van der Waals surface area contributed by atoms with Crippen LogP contribution < -0.4 is 0 Å². The van der Waals surface area contributed by atoms with Crippen molar-refractivity contribution in [2.45, 2.75) is 33.1 Å². The predicted octanol–water partition coefficient (Wildman–Crippen LogP) is 4.41. The Morgan fingerprint density at radius 3 is 2.33 bits per heavy atom. The van der Waals surface area contributed by atoms with Gasteiger partial charge in [-0.3, -0.25) is 0 Å². The van der Waals surface area contributed by atoms with E-state index in [4.69, 9.17) is 4.42 Å². The average Bonchev–Trinajstić information content (AvgIpc) is 2.79. The first kappa shape index (κ1) is 12.8. The molecule has 18 heavy (non-hydrogen) atoms. The van der Waals surface area contributed by atoms with Crippen molar-refractivity contribution in [2.24, 2.45) is 5.92 Å². The van der Waals surface area contributed by atoms with Crippen LogP contribution in [0.2, 0.25) is 0 Å². The highest BCUT2D eigenvalue weighted by Gasteiger charge is 2.29. The Morgan fingerprint density at radius 2 is 1.78 bits per heavy atom. The monoisotopic (exact) mass is 247 g/mol. The van der Waals surface area contributed by atoms with Crippen LogP contribution in [0.4, 0.5) is 4.39 Å². The standard InChI is InChI=1S/C15H18FNO/c1-10(2)15(3,4)13-9-17-14(18-13)11-5-7-12(16)8-6-11/h5-10H,1-4H3. The molecule has 0 saturated heterocycles. The van der Waals surface area contributed by atoms with Gasteiger partial charge in [0.25, 0.3) is 0 Å². The fraction of sp³-hybridized carbons (Fsp3) is 0.400. The minimum atomic E-state index is -0.256. The lowest BCUT2D eigenvalue weighted by atomic mass is 9.79. The van der Waals surface area contributed by atoms with Gasteiger partial charge in [-0.1, -0.05) is 27.7 Å². The number of aromatic nitrogens is 1. The van der Waals surface area contributed by atoms with Crippen LogP contribution in [-0.2, 0) is 5.41 Å². The smallest absolute Gasteiger partial charge is 0.226 e. The Balaban J connectivity index is 2.34. The molecule has 0 fully saturated rings. The van der Waals surface area contributed by atoms with E-state index in [2.05, 4.69) is 32.7 Å². The summed E-state index contributed by atoms with van der Waals surface area (Å²) in [5.74, 6) is 1.59. The minimum absolute atomic E-state index is 0.0642. The highest BCUT2D eigenvalue weighted by atomic mass is 19.1. The second kappa shape index (κ2) is 4.56. The zero-order chi connectivity index (χ0) is 13.3. The molecule has 0 aliphatic carbocycles. The second-order valence-electron chi connectivity index (χ2n) is 5.41. The van der Waals surface area contributed by atoms with Gasteiger partial charge in [-0.2, -0.15) is 0 Å². The van der Waals surface area contributed by atoms with Crippen molar-refractivity contribution in [3.05, 3.63) is 42.0 Å². The van der Waals surface area contributed by atoms with Gasteiger partial charge in [0.2, 0.25) is 5.89 Å². The molecule has 0 aliphatic rings. The lowest BCUT2D eigenvalue weighted by molar-refractivity contribution is 0.303. The van der Waals surface area contributed by atoms with E-state index >= 15 is 0 Å². The van der Waals surface area contributed by atoms with E-state index in [0.29, 0.717) is 11.8 Å². The zero-order valence-electron chi connectivity index (χ0n) is 11.2. The molecule has 3 heteroatoms. The first-order chi connectivity index (χ1) is 8.41. The Kier molecular flexibility index (Phi) is 3.24. The summed E-state index contributed by atoms with van der Waals surface area (Å²) in [6.07, 6.45) is 1.76. The van der Waals surface area contributed by atoms with Crippen LogP contribution in [0.1, 0.15) is 33.5 Å². The van der Waals surface area contributed by atoms with E-state index in [0.717, 1.165) is 11.3 Å².